The number of fused-ring (bicyclic) bond motifs is 1. The smallest absolute Gasteiger partial charge is 0.238 e. The third-order valence-electron chi connectivity index (χ3n) is 8.52. The standard InChI is InChI=1S/C26H20N2O6/c29-13-5-1-3-11(9-13)27-23(31)19-15-7-8-16(20(19)24(27)32)18-17(15)21-22(18)26(34)28(25(21)33)12-4-2-6-14(30)10-12/h1-10,15-22,29-30H/t15-,16+,17+,18-,19+,20-,21+,22-. The van der Waals surface area contributed by atoms with Crippen LogP contribution in [0.1, 0.15) is 0 Å². The first-order valence-electron chi connectivity index (χ1n) is 11.4. The van der Waals surface area contributed by atoms with Gasteiger partial charge in [0, 0.05) is 12.1 Å². The molecule has 2 bridgehead atoms. The van der Waals surface area contributed by atoms with Gasteiger partial charge < -0.3 is 10.2 Å². The molecule has 4 aliphatic carbocycles. The molecule has 8 nitrogen and oxygen atoms in total. The van der Waals surface area contributed by atoms with E-state index in [9.17, 15) is 29.4 Å². The van der Waals surface area contributed by atoms with Gasteiger partial charge in [0.25, 0.3) is 0 Å². The minimum absolute atomic E-state index is 0.0331. The van der Waals surface area contributed by atoms with Crippen LogP contribution >= 0.6 is 0 Å². The van der Waals surface area contributed by atoms with Gasteiger partial charge in [0.05, 0.1) is 35.0 Å². The van der Waals surface area contributed by atoms with Crippen LogP contribution in [0.3, 0.4) is 0 Å². The van der Waals surface area contributed by atoms with Gasteiger partial charge in [-0.05, 0) is 47.9 Å². The Bertz CT molecular complexity index is 1290. The molecule has 2 aromatic carbocycles. The van der Waals surface area contributed by atoms with Crippen LogP contribution in [0, 0.1) is 47.3 Å². The summed E-state index contributed by atoms with van der Waals surface area (Å²) in [6.45, 7) is 0. The maximum Gasteiger partial charge on any atom is 0.238 e. The highest BCUT2D eigenvalue weighted by atomic mass is 16.3. The van der Waals surface area contributed by atoms with Gasteiger partial charge in [-0.15, -0.1) is 0 Å². The van der Waals surface area contributed by atoms with E-state index < -0.39 is 23.7 Å². The van der Waals surface area contributed by atoms with Gasteiger partial charge in [0.2, 0.25) is 23.6 Å². The normalized spacial score (nSPS) is 37.1. The summed E-state index contributed by atoms with van der Waals surface area (Å²) in [6.07, 6.45) is 3.91. The summed E-state index contributed by atoms with van der Waals surface area (Å²) in [5, 5.41) is 19.7. The largest absolute Gasteiger partial charge is 0.508 e. The predicted molar refractivity (Wildman–Crippen MR) is 118 cm³/mol. The maximum atomic E-state index is 13.5. The number of carbonyl (C=O) groups excluding carboxylic acids is 4. The maximum absolute atomic E-state index is 13.5. The van der Waals surface area contributed by atoms with Crippen LogP contribution in [0.5, 0.6) is 11.5 Å². The fraction of sp³-hybridized carbons (Fsp3) is 0.308. The first kappa shape index (κ1) is 19.5. The van der Waals surface area contributed by atoms with E-state index >= 15 is 0 Å². The van der Waals surface area contributed by atoms with Crippen LogP contribution in [0.25, 0.3) is 0 Å². The summed E-state index contributed by atoms with van der Waals surface area (Å²) < 4.78 is 0. The monoisotopic (exact) mass is 456 g/mol. The molecule has 2 saturated heterocycles. The number of rotatable bonds is 2. The number of hydrogen-bond donors (Lipinski definition) is 2. The second-order valence-corrected chi connectivity index (χ2v) is 9.86. The number of nitrogens with zero attached hydrogens (tertiary/aromatic N) is 2. The lowest BCUT2D eigenvalue weighted by Gasteiger charge is -2.60. The quantitative estimate of drug-likeness (QED) is 0.528. The summed E-state index contributed by atoms with van der Waals surface area (Å²) in [5.74, 6) is -4.50. The zero-order chi connectivity index (χ0) is 23.5. The van der Waals surface area contributed by atoms with Crippen LogP contribution < -0.4 is 9.80 Å². The Kier molecular flexibility index (Phi) is 3.64. The molecule has 2 heterocycles. The van der Waals surface area contributed by atoms with E-state index in [4.69, 9.17) is 0 Å². The zero-order valence-corrected chi connectivity index (χ0v) is 17.8. The minimum atomic E-state index is -0.579. The molecule has 4 fully saturated rings. The summed E-state index contributed by atoms with van der Waals surface area (Å²) in [5.41, 5.74) is 0.669. The highest BCUT2D eigenvalue weighted by Crippen LogP contribution is 2.68. The fourth-order valence-electron chi connectivity index (χ4n) is 7.37. The molecule has 2 saturated carbocycles. The van der Waals surface area contributed by atoms with Crippen LogP contribution in [-0.4, -0.2) is 33.8 Å². The Hall–Kier alpha value is -3.94. The number of phenols is 2. The lowest BCUT2D eigenvalue weighted by molar-refractivity contribution is -0.166. The van der Waals surface area contributed by atoms with E-state index in [1.54, 1.807) is 24.3 Å². The summed E-state index contributed by atoms with van der Waals surface area (Å²) in [4.78, 5) is 56.1. The van der Waals surface area contributed by atoms with Crippen molar-refractivity contribution in [1.82, 2.24) is 0 Å². The predicted octanol–water partition coefficient (Wildman–Crippen LogP) is 2.07. The zero-order valence-electron chi connectivity index (χ0n) is 17.8. The van der Waals surface area contributed by atoms with E-state index in [0.29, 0.717) is 11.4 Å². The van der Waals surface area contributed by atoms with Gasteiger partial charge in [-0.1, -0.05) is 24.3 Å². The topological polar surface area (TPSA) is 115 Å². The number of aromatic hydroxyl groups is 2. The van der Waals surface area contributed by atoms with Crippen molar-refractivity contribution in [2.75, 3.05) is 9.80 Å². The van der Waals surface area contributed by atoms with Crippen LogP contribution in [0.4, 0.5) is 11.4 Å². The number of hydrogen-bond acceptors (Lipinski definition) is 6. The van der Waals surface area contributed by atoms with Crippen molar-refractivity contribution >= 4 is 35.0 Å². The Labute approximate surface area is 194 Å². The van der Waals surface area contributed by atoms with E-state index in [0.717, 1.165) is 9.80 Å². The molecule has 0 radical (unpaired) electrons. The molecule has 0 aromatic heterocycles. The molecule has 0 unspecified atom stereocenters. The number of allylic oxidation sites excluding steroid dienone is 2. The first-order chi connectivity index (χ1) is 16.4. The molecule has 6 aliphatic rings. The second-order valence-electron chi connectivity index (χ2n) is 9.86. The van der Waals surface area contributed by atoms with Gasteiger partial charge in [0.1, 0.15) is 11.5 Å². The Morgan fingerprint density at radius 2 is 0.941 bits per heavy atom. The van der Waals surface area contributed by atoms with Crippen molar-refractivity contribution in [2.45, 2.75) is 0 Å². The third kappa shape index (κ3) is 2.18. The Balaban J connectivity index is 1.26. The van der Waals surface area contributed by atoms with Gasteiger partial charge in [-0.25, -0.2) is 9.80 Å². The highest BCUT2D eigenvalue weighted by molar-refractivity contribution is 6.25. The number of phenolic OH excluding ortho intramolecular Hbond substituents is 2. The number of benzene rings is 2. The van der Waals surface area contributed by atoms with E-state index in [-0.39, 0.29) is 58.8 Å². The number of anilines is 2. The molecule has 8 atom stereocenters. The van der Waals surface area contributed by atoms with Crippen LogP contribution in [0.15, 0.2) is 60.7 Å². The van der Waals surface area contributed by atoms with Gasteiger partial charge in [-0.2, -0.15) is 0 Å². The minimum Gasteiger partial charge on any atom is -0.508 e. The first-order valence-corrected chi connectivity index (χ1v) is 11.4. The fourth-order valence-corrected chi connectivity index (χ4v) is 7.37. The molecule has 2 aromatic rings. The average molecular weight is 456 g/mol. The van der Waals surface area contributed by atoms with Gasteiger partial charge >= 0.3 is 0 Å². The Morgan fingerprint density at radius 3 is 1.32 bits per heavy atom. The van der Waals surface area contributed by atoms with Crippen molar-refractivity contribution in [3.05, 3.63) is 60.7 Å². The molecule has 2 aliphatic heterocycles. The van der Waals surface area contributed by atoms with Gasteiger partial charge in [-0.3, -0.25) is 19.2 Å². The summed E-state index contributed by atoms with van der Waals surface area (Å²) >= 11 is 0. The molecular formula is C26H20N2O6. The van der Waals surface area contributed by atoms with E-state index in [2.05, 4.69) is 0 Å². The van der Waals surface area contributed by atoms with Crippen molar-refractivity contribution in [3.63, 3.8) is 0 Å². The molecule has 4 amide bonds. The third-order valence-corrected chi connectivity index (χ3v) is 8.52. The van der Waals surface area contributed by atoms with Crippen molar-refractivity contribution in [3.8, 4) is 11.5 Å². The van der Waals surface area contributed by atoms with Crippen molar-refractivity contribution in [1.29, 1.82) is 0 Å². The number of amides is 4. The SMILES string of the molecule is O=C1[C@@H]2[C@H]3C=C[C@@H]([C@@H]2C(=O)N1c1cccc(O)c1)[C@@H]1[C@@H]2C(=O)N(c4cccc(O)c4)C(=O)[C@@H]2[C@H]31. The second kappa shape index (κ2) is 6.34. The molecule has 170 valence electrons. The molecule has 8 heteroatoms. The van der Waals surface area contributed by atoms with Gasteiger partial charge in [0.15, 0.2) is 0 Å². The molecular weight excluding hydrogens is 436 g/mol. The lowest BCUT2D eigenvalue weighted by Crippen LogP contribution is -2.63. The summed E-state index contributed by atoms with van der Waals surface area (Å²) in [6, 6.07) is 12.1. The van der Waals surface area contributed by atoms with Crippen molar-refractivity contribution < 1.29 is 29.4 Å². The molecule has 34 heavy (non-hydrogen) atoms. The van der Waals surface area contributed by atoms with E-state index in [1.807, 2.05) is 12.2 Å². The molecule has 2 N–H and O–H groups in total. The number of imide groups is 2. The van der Waals surface area contributed by atoms with Crippen molar-refractivity contribution in [2.24, 2.45) is 47.3 Å². The average Bonchev–Trinajstić information content (AvgIpc) is 3.17. The molecule has 8 rings (SSSR count). The molecule has 0 spiro atoms. The van der Waals surface area contributed by atoms with E-state index in [1.165, 1.54) is 24.3 Å². The summed E-state index contributed by atoms with van der Waals surface area (Å²) in [7, 11) is 0. The lowest BCUT2D eigenvalue weighted by atomic mass is 9.40. The van der Waals surface area contributed by atoms with Crippen LogP contribution in [0.2, 0.25) is 0 Å². The van der Waals surface area contributed by atoms with Crippen LogP contribution in [-0.2, 0) is 19.2 Å². The number of carbonyl (C=O) groups is 4. The Morgan fingerprint density at radius 1 is 0.559 bits per heavy atom. The highest BCUT2D eigenvalue weighted by Gasteiger charge is 2.75.